The van der Waals surface area contributed by atoms with E-state index in [4.69, 9.17) is 14.1 Å². The summed E-state index contributed by atoms with van der Waals surface area (Å²) in [6.07, 6.45) is -0.379. The topological polar surface area (TPSA) is 85.7 Å². The number of likely N-dealkylation sites (tertiary alicyclic amines) is 1. The molecule has 12 heteroatoms. The number of carbonyl (C=O) groups is 2. The normalized spacial score (nSPS) is 20.9. The number of alkyl halides is 2. The third-order valence-electron chi connectivity index (χ3n) is 9.24. The Labute approximate surface area is 263 Å². The van der Waals surface area contributed by atoms with Crippen LogP contribution in [0, 0.1) is 5.41 Å². The summed E-state index contributed by atoms with van der Waals surface area (Å²) in [5.41, 5.74) is 2.05. The number of rotatable bonds is 7. The molecule has 3 heterocycles. The summed E-state index contributed by atoms with van der Waals surface area (Å²) in [7, 11) is -1.96. The molecule has 2 amide bonds. The molecule has 3 aromatic rings. The standard InChI is InChI=1S/C32H44F2N4O4SSi/c1-30(2,3)42-29(40)37-14-13-32(19-37)16-21(17-32)38-23-10-9-20(18-41-44(7,8)31(4,5)6)15-22(23)35-28(38)36-27(39)25-12-11-24(43-25)26(33)34/h9-12,15,21,26H,13-14,16-19H2,1-8H3,(H,35,36,39)/t21-,32-. The summed E-state index contributed by atoms with van der Waals surface area (Å²) in [6.45, 7) is 18.4. The highest BCUT2D eigenvalue weighted by Gasteiger charge is 2.51. The molecule has 0 bridgehead atoms. The third-order valence-corrected chi connectivity index (χ3v) is 14.8. The van der Waals surface area contributed by atoms with E-state index in [1.54, 1.807) is 4.90 Å². The molecule has 1 saturated carbocycles. The molecular weight excluding hydrogens is 603 g/mol. The van der Waals surface area contributed by atoms with Crippen LogP contribution in [0.3, 0.4) is 0 Å². The number of aromatic nitrogens is 2. The Balaban J connectivity index is 1.39. The fourth-order valence-electron chi connectivity index (χ4n) is 5.80. The SMILES string of the molecule is CC(C)(C)OC(=O)N1CC[C@]2(C1)C[C@H](n1c(NC(=O)c3ccc(C(F)F)s3)nc3cc(CO[Si](C)(C)C(C)(C)C)ccc31)C2. The first kappa shape index (κ1) is 32.6. The highest BCUT2D eigenvalue weighted by atomic mass is 32.1. The van der Waals surface area contributed by atoms with Crippen LogP contribution in [0.2, 0.25) is 18.1 Å². The molecular formula is C32H44F2N4O4SSi. The first-order valence-electron chi connectivity index (χ1n) is 15.2. The number of imidazole rings is 1. The van der Waals surface area contributed by atoms with Crippen LogP contribution in [0.25, 0.3) is 11.0 Å². The van der Waals surface area contributed by atoms with E-state index >= 15 is 0 Å². The van der Waals surface area contributed by atoms with Gasteiger partial charge in [-0.3, -0.25) is 10.1 Å². The zero-order valence-corrected chi connectivity index (χ0v) is 28.7. The van der Waals surface area contributed by atoms with Crippen molar-refractivity contribution in [3.05, 3.63) is 45.6 Å². The number of nitrogens with one attached hydrogen (secondary N) is 1. The minimum atomic E-state index is -2.63. The second-order valence-corrected chi connectivity index (χ2v) is 20.8. The Kier molecular flexibility index (Phi) is 8.52. The van der Waals surface area contributed by atoms with Crippen molar-refractivity contribution in [3.63, 3.8) is 0 Å². The van der Waals surface area contributed by atoms with Gasteiger partial charge in [0.05, 0.1) is 27.4 Å². The number of hydrogen-bond donors (Lipinski definition) is 1. The van der Waals surface area contributed by atoms with E-state index in [-0.39, 0.29) is 32.3 Å². The van der Waals surface area contributed by atoms with Crippen molar-refractivity contribution in [2.75, 3.05) is 18.4 Å². The van der Waals surface area contributed by atoms with E-state index in [0.717, 1.165) is 47.2 Å². The van der Waals surface area contributed by atoms with E-state index in [1.807, 2.05) is 39.0 Å². The zero-order valence-electron chi connectivity index (χ0n) is 26.9. The van der Waals surface area contributed by atoms with Gasteiger partial charge < -0.3 is 18.6 Å². The molecule has 1 spiro atoms. The average molecular weight is 647 g/mol. The van der Waals surface area contributed by atoms with E-state index < -0.39 is 26.3 Å². The Morgan fingerprint density at radius 1 is 1.14 bits per heavy atom. The number of thiophene rings is 1. The van der Waals surface area contributed by atoms with E-state index in [2.05, 4.69) is 43.7 Å². The van der Waals surface area contributed by atoms with Gasteiger partial charge in [0.2, 0.25) is 5.95 Å². The Bertz CT molecular complexity index is 1550. The molecule has 1 aliphatic heterocycles. The Morgan fingerprint density at radius 2 is 1.84 bits per heavy atom. The molecule has 0 atom stereocenters. The summed E-state index contributed by atoms with van der Waals surface area (Å²) in [6, 6.07) is 8.84. The van der Waals surface area contributed by atoms with Gasteiger partial charge in [0.25, 0.3) is 12.3 Å². The smallest absolute Gasteiger partial charge is 0.410 e. The van der Waals surface area contributed by atoms with Gasteiger partial charge in [0.15, 0.2) is 8.32 Å². The van der Waals surface area contributed by atoms with Crippen LogP contribution in [0.5, 0.6) is 0 Å². The Hall–Kier alpha value is -2.83. The van der Waals surface area contributed by atoms with Gasteiger partial charge in [-0.2, -0.15) is 0 Å². The van der Waals surface area contributed by atoms with Gasteiger partial charge in [0.1, 0.15) is 5.60 Å². The van der Waals surface area contributed by atoms with Gasteiger partial charge >= 0.3 is 6.09 Å². The first-order valence-corrected chi connectivity index (χ1v) is 18.9. The number of nitrogens with zero attached hydrogens (tertiary/aromatic N) is 3. The molecule has 44 heavy (non-hydrogen) atoms. The third kappa shape index (κ3) is 6.72. The molecule has 5 rings (SSSR count). The quantitative estimate of drug-likeness (QED) is 0.260. The summed E-state index contributed by atoms with van der Waals surface area (Å²) < 4.78 is 40.5. The number of anilines is 1. The maximum atomic E-state index is 13.2. The second kappa shape index (κ2) is 11.5. The molecule has 0 unspecified atom stereocenters. The zero-order chi connectivity index (χ0) is 32.2. The van der Waals surface area contributed by atoms with Gasteiger partial charge in [-0.25, -0.2) is 18.6 Å². The number of halogens is 2. The highest BCUT2D eigenvalue weighted by Crippen LogP contribution is 2.55. The van der Waals surface area contributed by atoms with E-state index in [1.165, 1.54) is 12.1 Å². The fourth-order valence-corrected chi connectivity index (χ4v) is 7.52. The van der Waals surface area contributed by atoms with Crippen LogP contribution in [-0.4, -0.2) is 53.5 Å². The monoisotopic (exact) mass is 646 g/mol. The number of hydrogen-bond acceptors (Lipinski definition) is 6. The molecule has 0 radical (unpaired) electrons. The Morgan fingerprint density at radius 3 is 2.45 bits per heavy atom. The van der Waals surface area contributed by atoms with Gasteiger partial charge in [-0.05, 0) is 93.4 Å². The molecule has 8 nitrogen and oxygen atoms in total. The maximum absolute atomic E-state index is 13.2. The van der Waals surface area contributed by atoms with Crippen LogP contribution in [-0.2, 0) is 15.8 Å². The lowest BCUT2D eigenvalue weighted by Gasteiger charge is -2.46. The van der Waals surface area contributed by atoms with Crippen LogP contribution in [0.4, 0.5) is 19.5 Å². The number of amides is 2. The van der Waals surface area contributed by atoms with E-state index in [0.29, 0.717) is 25.6 Å². The van der Waals surface area contributed by atoms with Crippen molar-refractivity contribution in [2.24, 2.45) is 5.41 Å². The predicted octanol–water partition coefficient (Wildman–Crippen LogP) is 8.77. The van der Waals surface area contributed by atoms with Crippen LogP contribution in [0.1, 0.15) is 93.4 Å². The second-order valence-electron chi connectivity index (χ2n) is 14.8. The number of benzene rings is 1. The van der Waals surface area contributed by atoms with Crippen molar-refractivity contribution in [1.29, 1.82) is 0 Å². The lowest BCUT2D eigenvalue weighted by molar-refractivity contribution is 0.0199. The highest BCUT2D eigenvalue weighted by molar-refractivity contribution is 7.14. The first-order chi connectivity index (χ1) is 20.4. The molecule has 2 fully saturated rings. The number of fused-ring (bicyclic) bond motifs is 1. The fraction of sp³-hybridized carbons (Fsp3) is 0.594. The lowest BCUT2D eigenvalue weighted by Crippen LogP contribution is -2.43. The van der Waals surface area contributed by atoms with Gasteiger partial charge in [0, 0.05) is 19.1 Å². The molecule has 2 aromatic heterocycles. The maximum Gasteiger partial charge on any atom is 0.410 e. The number of ether oxygens (including phenoxy) is 1. The molecule has 240 valence electrons. The van der Waals surface area contributed by atoms with Crippen molar-refractivity contribution in [3.8, 4) is 0 Å². The summed E-state index contributed by atoms with van der Waals surface area (Å²) >= 11 is 0.783. The van der Waals surface area contributed by atoms with Crippen molar-refractivity contribution >= 4 is 48.6 Å². The van der Waals surface area contributed by atoms with Crippen molar-refractivity contribution in [1.82, 2.24) is 14.5 Å². The van der Waals surface area contributed by atoms with Crippen LogP contribution in [0.15, 0.2) is 30.3 Å². The van der Waals surface area contributed by atoms with Gasteiger partial charge in [-0.1, -0.05) is 26.8 Å². The summed E-state index contributed by atoms with van der Waals surface area (Å²) in [4.78, 5) is 32.6. The minimum Gasteiger partial charge on any atom is -0.444 e. The summed E-state index contributed by atoms with van der Waals surface area (Å²) in [5.74, 6) is -0.0766. The molecule has 1 aromatic carbocycles. The lowest BCUT2D eigenvalue weighted by atomic mass is 9.65. The largest absolute Gasteiger partial charge is 0.444 e. The van der Waals surface area contributed by atoms with Crippen LogP contribution < -0.4 is 5.32 Å². The van der Waals surface area contributed by atoms with E-state index in [9.17, 15) is 18.4 Å². The van der Waals surface area contributed by atoms with Crippen molar-refractivity contribution in [2.45, 2.75) is 104 Å². The van der Waals surface area contributed by atoms with Gasteiger partial charge in [-0.15, -0.1) is 11.3 Å². The number of carbonyl (C=O) groups excluding carboxylic acids is 2. The molecule has 1 saturated heterocycles. The van der Waals surface area contributed by atoms with Crippen molar-refractivity contribution < 1.29 is 27.5 Å². The molecule has 2 aliphatic rings. The molecule has 1 aliphatic carbocycles. The average Bonchev–Trinajstić information content (AvgIpc) is 3.61. The van der Waals surface area contributed by atoms with Crippen LogP contribution >= 0.6 is 11.3 Å². The summed E-state index contributed by atoms with van der Waals surface area (Å²) in [5, 5.41) is 3.00. The minimum absolute atomic E-state index is 0.0176. The molecule has 1 N–H and O–H groups in total. The predicted molar refractivity (Wildman–Crippen MR) is 172 cm³/mol.